The number of carbonyl (C=O) groups is 1. The van der Waals surface area contributed by atoms with Crippen molar-refractivity contribution in [3.8, 4) is 11.3 Å². The van der Waals surface area contributed by atoms with E-state index in [9.17, 15) is 4.79 Å². The van der Waals surface area contributed by atoms with Crippen LogP contribution in [0.25, 0.3) is 22.2 Å². The normalized spacial score (nSPS) is 10.9. The van der Waals surface area contributed by atoms with E-state index in [1.54, 1.807) is 6.07 Å². The molecule has 0 saturated carbocycles. The van der Waals surface area contributed by atoms with Crippen LogP contribution in [-0.2, 0) is 6.42 Å². The van der Waals surface area contributed by atoms with Crippen molar-refractivity contribution in [1.29, 1.82) is 0 Å². The van der Waals surface area contributed by atoms with Crippen molar-refractivity contribution in [2.75, 3.05) is 0 Å². The highest BCUT2D eigenvalue weighted by molar-refractivity contribution is 6.68. The smallest absolute Gasteiger partial charge is 0.253 e. The molecular formula is C19H16ClNO. The van der Waals surface area contributed by atoms with Gasteiger partial charge in [-0.25, -0.2) is 4.98 Å². The Morgan fingerprint density at radius 1 is 1.14 bits per heavy atom. The van der Waals surface area contributed by atoms with Crippen LogP contribution in [0.3, 0.4) is 0 Å². The van der Waals surface area contributed by atoms with Crippen LogP contribution < -0.4 is 0 Å². The van der Waals surface area contributed by atoms with Gasteiger partial charge in [-0.15, -0.1) is 0 Å². The first kappa shape index (κ1) is 14.7. The summed E-state index contributed by atoms with van der Waals surface area (Å²) >= 11 is 5.81. The van der Waals surface area contributed by atoms with E-state index in [4.69, 9.17) is 16.6 Å². The highest BCUT2D eigenvalue weighted by Gasteiger charge is 2.13. The van der Waals surface area contributed by atoms with Crippen LogP contribution >= 0.6 is 11.6 Å². The topological polar surface area (TPSA) is 30.0 Å². The van der Waals surface area contributed by atoms with Crippen LogP contribution in [0.2, 0.25) is 0 Å². The van der Waals surface area contributed by atoms with Crippen molar-refractivity contribution < 1.29 is 4.79 Å². The molecule has 1 aromatic heterocycles. The number of hydrogen-bond acceptors (Lipinski definition) is 2. The monoisotopic (exact) mass is 309 g/mol. The molecule has 3 aromatic rings. The van der Waals surface area contributed by atoms with Crippen LogP contribution in [0.15, 0.2) is 48.5 Å². The van der Waals surface area contributed by atoms with E-state index < -0.39 is 5.24 Å². The molecule has 3 rings (SSSR count). The van der Waals surface area contributed by atoms with Gasteiger partial charge in [-0.1, -0.05) is 37.3 Å². The maximum Gasteiger partial charge on any atom is 0.253 e. The van der Waals surface area contributed by atoms with Crippen LogP contribution in [-0.4, -0.2) is 10.2 Å². The van der Waals surface area contributed by atoms with Gasteiger partial charge >= 0.3 is 0 Å². The average Bonchev–Trinajstić information content (AvgIpc) is 2.53. The van der Waals surface area contributed by atoms with Gasteiger partial charge in [-0.3, -0.25) is 4.79 Å². The van der Waals surface area contributed by atoms with Crippen LogP contribution in [0.5, 0.6) is 0 Å². The van der Waals surface area contributed by atoms with Crippen molar-refractivity contribution >= 4 is 27.7 Å². The standard InChI is InChI=1S/C19H16ClNO/c1-3-13-8-9-17-15(10-13)16(19(20)22)11-18(21-17)14-7-5-4-6-12(14)2/h4-11H,3H2,1-2H3. The summed E-state index contributed by atoms with van der Waals surface area (Å²) in [5, 5.41) is 0.368. The van der Waals surface area contributed by atoms with Crippen molar-refractivity contribution in [3.05, 3.63) is 65.2 Å². The van der Waals surface area contributed by atoms with Gasteiger partial charge in [-0.05, 0) is 54.3 Å². The molecule has 0 aliphatic heterocycles. The summed E-state index contributed by atoms with van der Waals surface area (Å²) in [6, 6.07) is 15.8. The molecule has 0 N–H and O–H groups in total. The molecule has 0 unspecified atom stereocenters. The number of fused-ring (bicyclic) bond motifs is 1. The second-order valence-electron chi connectivity index (χ2n) is 5.35. The highest BCUT2D eigenvalue weighted by atomic mass is 35.5. The largest absolute Gasteiger partial charge is 0.276 e. The fourth-order valence-electron chi connectivity index (χ4n) is 2.65. The summed E-state index contributed by atoms with van der Waals surface area (Å²) < 4.78 is 0. The molecule has 0 bridgehead atoms. The highest BCUT2D eigenvalue weighted by Crippen LogP contribution is 2.28. The number of pyridine rings is 1. The van der Waals surface area contributed by atoms with Gasteiger partial charge in [-0.2, -0.15) is 0 Å². The lowest BCUT2D eigenvalue weighted by Gasteiger charge is -2.10. The molecular weight excluding hydrogens is 294 g/mol. The Hall–Kier alpha value is -2.19. The Kier molecular flexibility index (Phi) is 3.95. The third kappa shape index (κ3) is 2.62. The number of halogens is 1. The Labute approximate surface area is 134 Å². The van der Waals surface area contributed by atoms with Gasteiger partial charge in [0, 0.05) is 16.5 Å². The molecule has 0 spiro atoms. The molecule has 0 aliphatic rings. The van der Waals surface area contributed by atoms with Gasteiger partial charge in [0.2, 0.25) is 0 Å². The first-order valence-corrected chi connectivity index (χ1v) is 7.67. The second-order valence-corrected chi connectivity index (χ2v) is 5.69. The zero-order valence-electron chi connectivity index (χ0n) is 12.6. The summed E-state index contributed by atoms with van der Waals surface area (Å²) in [5.41, 5.74) is 5.38. The van der Waals surface area contributed by atoms with E-state index in [1.807, 2.05) is 49.4 Å². The fourth-order valence-corrected chi connectivity index (χ4v) is 2.81. The van der Waals surface area contributed by atoms with E-state index in [0.29, 0.717) is 5.56 Å². The van der Waals surface area contributed by atoms with E-state index in [0.717, 1.165) is 39.7 Å². The molecule has 2 nitrogen and oxygen atoms in total. The maximum atomic E-state index is 11.9. The number of rotatable bonds is 3. The first-order valence-electron chi connectivity index (χ1n) is 7.29. The average molecular weight is 310 g/mol. The van der Waals surface area contributed by atoms with Crippen molar-refractivity contribution in [2.45, 2.75) is 20.3 Å². The number of hydrogen-bond donors (Lipinski definition) is 0. The molecule has 2 aromatic carbocycles. The molecule has 110 valence electrons. The second kappa shape index (κ2) is 5.90. The van der Waals surface area contributed by atoms with E-state index in [1.165, 1.54) is 0 Å². The van der Waals surface area contributed by atoms with Gasteiger partial charge in [0.05, 0.1) is 11.2 Å². The van der Waals surface area contributed by atoms with Gasteiger partial charge in [0.1, 0.15) is 0 Å². The van der Waals surface area contributed by atoms with Crippen LogP contribution in [0.4, 0.5) is 0 Å². The van der Waals surface area contributed by atoms with Gasteiger partial charge in [0.25, 0.3) is 5.24 Å². The Bertz CT molecular complexity index is 870. The SMILES string of the molecule is CCc1ccc2nc(-c3ccccc3C)cc(C(=O)Cl)c2c1. The Morgan fingerprint density at radius 2 is 1.91 bits per heavy atom. The fraction of sp³-hybridized carbons (Fsp3) is 0.158. The lowest BCUT2D eigenvalue weighted by Crippen LogP contribution is -1.97. The number of benzene rings is 2. The van der Waals surface area contributed by atoms with Crippen LogP contribution in [0.1, 0.15) is 28.4 Å². The molecule has 0 atom stereocenters. The minimum Gasteiger partial charge on any atom is -0.276 e. The van der Waals surface area contributed by atoms with Crippen molar-refractivity contribution in [2.24, 2.45) is 0 Å². The molecule has 0 radical (unpaired) electrons. The third-order valence-electron chi connectivity index (χ3n) is 3.91. The quantitative estimate of drug-likeness (QED) is 0.626. The van der Waals surface area contributed by atoms with E-state index in [-0.39, 0.29) is 0 Å². The van der Waals surface area contributed by atoms with Crippen molar-refractivity contribution in [3.63, 3.8) is 0 Å². The summed E-state index contributed by atoms with van der Waals surface area (Å²) in [6.45, 7) is 4.11. The molecule has 1 heterocycles. The number of nitrogens with zero attached hydrogens (tertiary/aromatic N) is 1. The number of carbonyl (C=O) groups excluding carboxylic acids is 1. The van der Waals surface area contributed by atoms with Gasteiger partial charge in [0.15, 0.2) is 0 Å². The summed E-state index contributed by atoms with van der Waals surface area (Å²) in [6.07, 6.45) is 0.908. The van der Waals surface area contributed by atoms with E-state index >= 15 is 0 Å². The summed E-state index contributed by atoms with van der Waals surface area (Å²) in [5.74, 6) is 0. The molecule has 0 saturated heterocycles. The lowest BCUT2D eigenvalue weighted by atomic mass is 10.00. The first-order chi connectivity index (χ1) is 10.6. The van der Waals surface area contributed by atoms with Crippen LogP contribution in [0, 0.1) is 6.92 Å². The molecule has 3 heteroatoms. The van der Waals surface area contributed by atoms with E-state index in [2.05, 4.69) is 6.92 Å². The molecule has 22 heavy (non-hydrogen) atoms. The predicted octanol–water partition coefficient (Wildman–Crippen LogP) is 5.15. The molecule has 0 amide bonds. The van der Waals surface area contributed by atoms with Crippen molar-refractivity contribution in [1.82, 2.24) is 4.98 Å². The summed E-state index contributed by atoms with van der Waals surface area (Å²) in [4.78, 5) is 16.6. The zero-order valence-corrected chi connectivity index (χ0v) is 13.3. The molecule has 0 fully saturated rings. The minimum atomic E-state index is -0.449. The third-order valence-corrected chi connectivity index (χ3v) is 4.12. The number of aryl methyl sites for hydroxylation is 2. The maximum absolute atomic E-state index is 11.9. The van der Waals surface area contributed by atoms with Gasteiger partial charge < -0.3 is 0 Å². The Balaban J connectivity index is 2.31. The zero-order chi connectivity index (χ0) is 15.7. The lowest BCUT2D eigenvalue weighted by molar-refractivity contribution is 0.108. The molecule has 0 aliphatic carbocycles. The summed E-state index contributed by atoms with van der Waals surface area (Å²) in [7, 11) is 0. The predicted molar refractivity (Wildman–Crippen MR) is 91.5 cm³/mol. The Morgan fingerprint density at radius 3 is 2.59 bits per heavy atom. The number of aromatic nitrogens is 1. The minimum absolute atomic E-state index is 0.449.